The van der Waals surface area contributed by atoms with E-state index in [1.54, 1.807) is 19.2 Å². The maximum Gasteiger partial charge on any atom is 0.161 e. The zero-order valence-electron chi connectivity index (χ0n) is 13.2. The van der Waals surface area contributed by atoms with E-state index in [-0.39, 0.29) is 5.82 Å². The summed E-state index contributed by atoms with van der Waals surface area (Å²) in [6.07, 6.45) is 0. The van der Waals surface area contributed by atoms with Crippen molar-refractivity contribution in [2.24, 2.45) is 0 Å². The van der Waals surface area contributed by atoms with Crippen LogP contribution in [0, 0.1) is 5.82 Å². The van der Waals surface area contributed by atoms with Crippen molar-refractivity contribution < 1.29 is 13.9 Å². The van der Waals surface area contributed by atoms with Crippen molar-refractivity contribution in [3.8, 4) is 11.5 Å². The number of rotatable bonds is 7. The summed E-state index contributed by atoms with van der Waals surface area (Å²) in [6.45, 7) is 5.38. The van der Waals surface area contributed by atoms with Crippen molar-refractivity contribution in [1.82, 2.24) is 5.32 Å². The predicted molar refractivity (Wildman–Crippen MR) is 85.7 cm³/mol. The zero-order valence-corrected chi connectivity index (χ0v) is 13.2. The summed E-state index contributed by atoms with van der Waals surface area (Å²) in [5.41, 5.74) is 2.05. The van der Waals surface area contributed by atoms with Crippen LogP contribution in [0.5, 0.6) is 11.5 Å². The highest BCUT2D eigenvalue weighted by Gasteiger charge is 2.07. The maximum absolute atomic E-state index is 12.9. The Morgan fingerprint density at radius 3 is 2.32 bits per heavy atom. The fourth-order valence-corrected chi connectivity index (χ4v) is 2.00. The molecule has 2 aromatic rings. The first-order chi connectivity index (χ1) is 10.6. The third-order valence-electron chi connectivity index (χ3n) is 3.25. The predicted octanol–water partition coefficient (Wildman–Crippen LogP) is 3.91. The lowest BCUT2D eigenvalue weighted by Gasteiger charge is -2.13. The number of nitrogens with one attached hydrogen (secondary N) is 1. The molecular weight excluding hydrogens is 281 g/mol. The van der Waals surface area contributed by atoms with Gasteiger partial charge in [0.1, 0.15) is 12.4 Å². The summed E-state index contributed by atoms with van der Waals surface area (Å²) in [5.74, 6) is 1.13. The van der Waals surface area contributed by atoms with Crippen molar-refractivity contribution in [3.63, 3.8) is 0 Å². The van der Waals surface area contributed by atoms with Crippen molar-refractivity contribution in [2.45, 2.75) is 33.0 Å². The first-order valence-electron chi connectivity index (χ1n) is 7.36. The number of ether oxygens (including phenoxy) is 2. The molecule has 3 nitrogen and oxygen atoms in total. The van der Waals surface area contributed by atoms with Crippen molar-refractivity contribution >= 4 is 0 Å². The van der Waals surface area contributed by atoms with Gasteiger partial charge in [0.2, 0.25) is 0 Å². The normalized spacial score (nSPS) is 10.8. The molecule has 0 saturated carbocycles. The van der Waals surface area contributed by atoms with Gasteiger partial charge in [-0.2, -0.15) is 0 Å². The molecular formula is C18H22FNO2. The Morgan fingerprint density at radius 1 is 1.00 bits per heavy atom. The van der Waals surface area contributed by atoms with Crippen molar-refractivity contribution in [2.75, 3.05) is 7.11 Å². The molecule has 0 saturated heterocycles. The standard InChI is InChI=1S/C18H22FNO2/c1-13(2)20-11-15-6-9-17(18(10-15)21-3)22-12-14-4-7-16(19)8-5-14/h4-10,13,20H,11-12H2,1-3H3. The van der Waals surface area contributed by atoms with E-state index in [4.69, 9.17) is 9.47 Å². The number of halogens is 1. The van der Waals surface area contributed by atoms with Gasteiger partial charge in [-0.05, 0) is 35.4 Å². The second kappa shape index (κ2) is 7.80. The maximum atomic E-state index is 12.9. The Morgan fingerprint density at radius 2 is 1.68 bits per heavy atom. The quantitative estimate of drug-likeness (QED) is 0.841. The Hall–Kier alpha value is -2.07. The fourth-order valence-electron chi connectivity index (χ4n) is 2.00. The van der Waals surface area contributed by atoms with Crippen molar-refractivity contribution in [1.29, 1.82) is 0 Å². The van der Waals surface area contributed by atoms with E-state index in [1.807, 2.05) is 18.2 Å². The van der Waals surface area contributed by atoms with Gasteiger partial charge in [-0.15, -0.1) is 0 Å². The van der Waals surface area contributed by atoms with E-state index in [2.05, 4.69) is 19.2 Å². The van der Waals surface area contributed by atoms with Crippen LogP contribution in [0.3, 0.4) is 0 Å². The molecule has 22 heavy (non-hydrogen) atoms. The van der Waals surface area contributed by atoms with Crippen LogP contribution in [0.15, 0.2) is 42.5 Å². The van der Waals surface area contributed by atoms with Crippen LogP contribution in [0.25, 0.3) is 0 Å². The van der Waals surface area contributed by atoms with Crippen LogP contribution >= 0.6 is 0 Å². The average Bonchev–Trinajstić information content (AvgIpc) is 2.52. The van der Waals surface area contributed by atoms with Gasteiger partial charge >= 0.3 is 0 Å². The second-order valence-electron chi connectivity index (χ2n) is 5.44. The molecule has 2 aromatic carbocycles. The zero-order chi connectivity index (χ0) is 15.9. The first kappa shape index (κ1) is 16.3. The summed E-state index contributed by atoms with van der Waals surface area (Å²) in [6, 6.07) is 12.6. The number of hydrogen-bond acceptors (Lipinski definition) is 3. The monoisotopic (exact) mass is 303 g/mol. The van der Waals surface area contributed by atoms with E-state index in [1.165, 1.54) is 12.1 Å². The van der Waals surface area contributed by atoms with E-state index in [0.29, 0.717) is 24.1 Å². The molecule has 0 aliphatic carbocycles. The first-order valence-corrected chi connectivity index (χ1v) is 7.36. The van der Waals surface area contributed by atoms with E-state index < -0.39 is 0 Å². The van der Waals surface area contributed by atoms with Crippen molar-refractivity contribution in [3.05, 3.63) is 59.4 Å². The molecule has 0 amide bonds. The molecule has 4 heteroatoms. The highest BCUT2D eigenvalue weighted by Crippen LogP contribution is 2.28. The smallest absolute Gasteiger partial charge is 0.161 e. The summed E-state index contributed by atoms with van der Waals surface area (Å²) in [7, 11) is 1.62. The molecule has 1 N–H and O–H groups in total. The highest BCUT2D eigenvalue weighted by molar-refractivity contribution is 5.43. The Labute approximate surface area is 131 Å². The van der Waals surface area contributed by atoms with Crippen LogP contribution in [0.1, 0.15) is 25.0 Å². The minimum Gasteiger partial charge on any atom is -0.493 e. The Bertz CT molecular complexity index is 597. The third-order valence-corrected chi connectivity index (χ3v) is 3.25. The van der Waals surface area contributed by atoms with Gasteiger partial charge in [0.15, 0.2) is 11.5 Å². The molecule has 118 valence electrons. The minimum atomic E-state index is -0.247. The summed E-state index contributed by atoms with van der Waals surface area (Å²) in [5, 5.41) is 3.36. The molecule has 0 radical (unpaired) electrons. The Kier molecular flexibility index (Phi) is 5.78. The summed E-state index contributed by atoms with van der Waals surface area (Å²) in [4.78, 5) is 0. The van der Waals surface area contributed by atoms with Crippen LogP contribution in [0.4, 0.5) is 4.39 Å². The summed E-state index contributed by atoms with van der Waals surface area (Å²) >= 11 is 0. The fraction of sp³-hybridized carbons (Fsp3) is 0.333. The molecule has 0 aliphatic heterocycles. The van der Waals surface area contributed by atoms with Gasteiger partial charge in [-0.25, -0.2) is 4.39 Å². The van der Waals surface area contributed by atoms with Crippen LogP contribution in [0.2, 0.25) is 0 Å². The molecule has 0 aromatic heterocycles. The van der Waals surface area contributed by atoms with Gasteiger partial charge in [0, 0.05) is 12.6 Å². The number of hydrogen-bond donors (Lipinski definition) is 1. The van der Waals surface area contributed by atoms with Crippen LogP contribution < -0.4 is 14.8 Å². The van der Waals surface area contributed by atoms with Gasteiger partial charge < -0.3 is 14.8 Å². The van der Waals surface area contributed by atoms with E-state index >= 15 is 0 Å². The number of benzene rings is 2. The number of methoxy groups -OCH3 is 1. The molecule has 2 rings (SSSR count). The Balaban J connectivity index is 2.02. The van der Waals surface area contributed by atoms with E-state index in [0.717, 1.165) is 17.7 Å². The molecule has 0 atom stereocenters. The van der Waals surface area contributed by atoms with Gasteiger partial charge in [-0.3, -0.25) is 0 Å². The SMILES string of the molecule is COc1cc(CNC(C)C)ccc1OCc1ccc(F)cc1. The highest BCUT2D eigenvalue weighted by atomic mass is 19.1. The largest absolute Gasteiger partial charge is 0.493 e. The summed E-state index contributed by atoms with van der Waals surface area (Å²) < 4.78 is 24.0. The lowest BCUT2D eigenvalue weighted by atomic mass is 10.2. The molecule has 0 fully saturated rings. The van der Waals surface area contributed by atoms with Gasteiger partial charge in [-0.1, -0.05) is 32.0 Å². The lowest BCUT2D eigenvalue weighted by Crippen LogP contribution is -2.21. The average molecular weight is 303 g/mol. The molecule has 0 unspecified atom stereocenters. The third kappa shape index (κ3) is 4.74. The van der Waals surface area contributed by atoms with Gasteiger partial charge in [0.05, 0.1) is 7.11 Å². The molecule has 0 heterocycles. The van der Waals surface area contributed by atoms with Crippen LogP contribution in [-0.4, -0.2) is 13.2 Å². The molecule has 0 aliphatic rings. The van der Waals surface area contributed by atoms with Gasteiger partial charge in [0.25, 0.3) is 0 Å². The lowest BCUT2D eigenvalue weighted by molar-refractivity contribution is 0.284. The molecule has 0 spiro atoms. The van der Waals surface area contributed by atoms with Crippen LogP contribution in [-0.2, 0) is 13.2 Å². The van der Waals surface area contributed by atoms with E-state index in [9.17, 15) is 4.39 Å². The topological polar surface area (TPSA) is 30.5 Å². The molecule has 0 bridgehead atoms. The second-order valence-corrected chi connectivity index (χ2v) is 5.44. The minimum absolute atomic E-state index is 0.247.